The molecule has 202 valence electrons. The zero-order chi connectivity index (χ0) is 27.8. The number of allylic oxidation sites excluding steroid dienone is 1. The molecule has 0 aliphatic rings. The van der Waals surface area contributed by atoms with Gasteiger partial charge in [0.15, 0.2) is 11.0 Å². The highest BCUT2D eigenvalue weighted by Gasteiger charge is 2.25. The summed E-state index contributed by atoms with van der Waals surface area (Å²) in [5, 5.41) is 16.1. The fourth-order valence-electron chi connectivity index (χ4n) is 4.01. The van der Waals surface area contributed by atoms with Crippen molar-refractivity contribution < 1.29 is 9.59 Å². The number of hydrogen-bond donors (Lipinski definition) is 2. The molecule has 0 radical (unpaired) electrons. The molecule has 2 amide bonds. The molecule has 1 aromatic heterocycles. The van der Waals surface area contributed by atoms with Crippen molar-refractivity contribution in [3.63, 3.8) is 0 Å². The molecule has 0 spiro atoms. The lowest BCUT2D eigenvalue weighted by Crippen LogP contribution is -2.32. The van der Waals surface area contributed by atoms with Crippen molar-refractivity contribution in [3.05, 3.63) is 82.1 Å². The van der Waals surface area contributed by atoms with Gasteiger partial charge in [0.2, 0.25) is 5.91 Å². The van der Waals surface area contributed by atoms with Crippen LogP contribution in [0.3, 0.4) is 0 Å². The molecule has 3 aromatic rings. The van der Waals surface area contributed by atoms with Crippen LogP contribution in [0.4, 0.5) is 5.69 Å². The van der Waals surface area contributed by atoms with E-state index in [1.165, 1.54) is 17.8 Å². The van der Waals surface area contributed by atoms with E-state index in [1.807, 2.05) is 28.8 Å². The number of carbonyl (C=O) groups excluding carboxylic acids is 2. The summed E-state index contributed by atoms with van der Waals surface area (Å²) in [4.78, 5) is 25.9. The number of anilines is 1. The second-order valence-corrected chi connectivity index (χ2v) is 11.4. The van der Waals surface area contributed by atoms with E-state index >= 15 is 0 Å². The lowest BCUT2D eigenvalue weighted by molar-refractivity contribution is -0.113. The minimum Gasteiger partial charge on any atom is -0.342 e. The summed E-state index contributed by atoms with van der Waals surface area (Å²) in [5.74, 6) is 0.824. The van der Waals surface area contributed by atoms with Crippen molar-refractivity contribution >= 4 is 52.5 Å². The van der Waals surface area contributed by atoms with Crippen LogP contribution in [-0.4, -0.2) is 32.3 Å². The number of halogens is 2. The predicted octanol–water partition coefficient (Wildman–Crippen LogP) is 7.14. The molecule has 3 rings (SSSR count). The Labute approximate surface area is 238 Å². The highest BCUT2D eigenvalue weighted by Crippen LogP contribution is 2.28. The van der Waals surface area contributed by atoms with Gasteiger partial charge in [-0.15, -0.1) is 16.8 Å². The maximum absolute atomic E-state index is 13.1. The monoisotopic (exact) mass is 573 g/mol. The van der Waals surface area contributed by atoms with E-state index < -0.39 is 6.04 Å². The average Bonchev–Trinajstić information content (AvgIpc) is 3.25. The SMILES string of the molecule is C=CCn1c(SCC(=O)Nc2ccccc2C(C)C)nnc1[C@@H](CC(C)C)NC(=O)c1ccc(Cl)cc1Cl. The third kappa shape index (κ3) is 7.85. The van der Waals surface area contributed by atoms with Crippen LogP contribution < -0.4 is 10.6 Å². The van der Waals surface area contributed by atoms with Crippen molar-refractivity contribution in [1.82, 2.24) is 20.1 Å². The lowest BCUT2D eigenvalue weighted by Gasteiger charge is -2.21. The van der Waals surface area contributed by atoms with Crippen LogP contribution in [0.1, 0.15) is 67.8 Å². The van der Waals surface area contributed by atoms with E-state index in [-0.39, 0.29) is 34.4 Å². The van der Waals surface area contributed by atoms with Crippen LogP contribution in [0.25, 0.3) is 0 Å². The van der Waals surface area contributed by atoms with Gasteiger partial charge in [0.1, 0.15) is 0 Å². The highest BCUT2D eigenvalue weighted by molar-refractivity contribution is 7.99. The third-order valence-corrected chi connectivity index (χ3v) is 7.26. The van der Waals surface area contributed by atoms with Gasteiger partial charge in [-0.1, -0.05) is 86.9 Å². The molecule has 0 saturated carbocycles. The van der Waals surface area contributed by atoms with Gasteiger partial charge >= 0.3 is 0 Å². The molecule has 2 N–H and O–H groups in total. The largest absolute Gasteiger partial charge is 0.342 e. The van der Waals surface area contributed by atoms with Gasteiger partial charge in [0, 0.05) is 17.3 Å². The molecule has 2 aromatic carbocycles. The molecule has 10 heteroatoms. The van der Waals surface area contributed by atoms with E-state index in [4.69, 9.17) is 23.2 Å². The Bertz CT molecular complexity index is 1290. The van der Waals surface area contributed by atoms with Gasteiger partial charge in [-0.2, -0.15) is 0 Å². The topological polar surface area (TPSA) is 88.9 Å². The van der Waals surface area contributed by atoms with E-state index in [1.54, 1.807) is 18.2 Å². The molecule has 1 atom stereocenters. The van der Waals surface area contributed by atoms with Crippen molar-refractivity contribution in [2.45, 2.75) is 57.8 Å². The average molecular weight is 575 g/mol. The van der Waals surface area contributed by atoms with Crippen molar-refractivity contribution in [2.75, 3.05) is 11.1 Å². The summed E-state index contributed by atoms with van der Waals surface area (Å²) in [5.41, 5.74) is 2.21. The normalized spacial score (nSPS) is 12.0. The van der Waals surface area contributed by atoms with Crippen molar-refractivity contribution in [2.24, 2.45) is 5.92 Å². The fourth-order valence-corrected chi connectivity index (χ4v) is 5.26. The summed E-state index contributed by atoms with van der Waals surface area (Å²) in [6, 6.07) is 12.1. The van der Waals surface area contributed by atoms with Gasteiger partial charge in [0.05, 0.1) is 22.4 Å². The third-order valence-electron chi connectivity index (χ3n) is 5.75. The van der Waals surface area contributed by atoms with E-state index in [2.05, 4.69) is 55.1 Å². The summed E-state index contributed by atoms with van der Waals surface area (Å²) in [6.07, 6.45) is 2.36. The van der Waals surface area contributed by atoms with Gasteiger partial charge in [0.25, 0.3) is 5.91 Å². The predicted molar refractivity (Wildman–Crippen MR) is 156 cm³/mol. The maximum atomic E-state index is 13.1. The number of thioether (sulfide) groups is 1. The fraction of sp³-hybridized carbons (Fsp3) is 0.357. The van der Waals surface area contributed by atoms with E-state index in [0.717, 1.165) is 11.3 Å². The maximum Gasteiger partial charge on any atom is 0.253 e. The quantitative estimate of drug-likeness (QED) is 0.177. The van der Waals surface area contributed by atoms with Gasteiger partial charge < -0.3 is 15.2 Å². The Morgan fingerprint density at radius 1 is 1.11 bits per heavy atom. The van der Waals surface area contributed by atoms with Crippen LogP contribution in [0.2, 0.25) is 10.0 Å². The van der Waals surface area contributed by atoms with Gasteiger partial charge in [-0.05, 0) is 48.1 Å². The van der Waals surface area contributed by atoms with Crippen LogP contribution in [0.5, 0.6) is 0 Å². The summed E-state index contributed by atoms with van der Waals surface area (Å²) >= 11 is 13.5. The number of nitrogens with zero attached hydrogens (tertiary/aromatic N) is 3. The number of amides is 2. The highest BCUT2D eigenvalue weighted by atomic mass is 35.5. The first-order valence-corrected chi connectivity index (χ1v) is 14.2. The molecule has 0 aliphatic heterocycles. The first kappa shape index (κ1) is 29.7. The Morgan fingerprint density at radius 2 is 1.84 bits per heavy atom. The zero-order valence-electron chi connectivity index (χ0n) is 22.0. The molecular formula is C28H33Cl2N5O2S. The van der Waals surface area contributed by atoms with Crippen molar-refractivity contribution in [3.8, 4) is 0 Å². The number of para-hydroxylation sites is 1. The second kappa shape index (κ2) is 13.8. The minimum atomic E-state index is -0.428. The summed E-state index contributed by atoms with van der Waals surface area (Å²) in [6.45, 7) is 12.6. The molecule has 0 aliphatic carbocycles. The van der Waals surface area contributed by atoms with Gasteiger partial charge in [-0.3, -0.25) is 9.59 Å². The van der Waals surface area contributed by atoms with E-state index in [9.17, 15) is 9.59 Å². The van der Waals surface area contributed by atoms with Crippen molar-refractivity contribution in [1.29, 1.82) is 0 Å². The van der Waals surface area contributed by atoms with Crippen LogP contribution in [0.15, 0.2) is 60.3 Å². The number of nitrogens with one attached hydrogen (secondary N) is 2. The van der Waals surface area contributed by atoms with Gasteiger partial charge in [-0.25, -0.2) is 0 Å². The second-order valence-electron chi connectivity index (χ2n) is 9.60. The Hall–Kier alpha value is -2.81. The molecule has 0 bridgehead atoms. The molecule has 0 fully saturated rings. The number of aromatic nitrogens is 3. The first-order chi connectivity index (χ1) is 18.1. The molecule has 0 unspecified atom stereocenters. The lowest BCUT2D eigenvalue weighted by atomic mass is 10.0. The molecule has 1 heterocycles. The Balaban J connectivity index is 1.79. The number of carbonyl (C=O) groups is 2. The van der Waals surface area contributed by atoms with Crippen LogP contribution in [0, 0.1) is 5.92 Å². The molecule has 38 heavy (non-hydrogen) atoms. The zero-order valence-corrected chi connectivity index (χ0v) is 24.3. The molecular weight excluding hydrogens is 541 g/mol. The minimum absolute atomic E-state index is 0.137. The Kier molecular flexibility index (Phi) is 10.8. The molecule has 0 saturated heterocycles. The molecule has 7 nitrogen and oxygen atoms in total. The summed E-state index contributed by atoms with van der Waals surface area (Å²) < 4.78 is 1.88. The summed E-state index contributed by atoms with van der Waals surface area (Å²) in [7, 11) is 0. The Morgan fingerprint density at radius 3 is 2.50 bits per heavy atom. The standard InChI is InChI=1S/C28H33Cl2N5O2S/c1-6-13-35-26(24(14-17(2)3)32-27(37)21-12-11-19(29)15-22(21)30)33-34-28(35)38-16-25(36)31-23-10-8-7-9-20(23)18(4)5/h6-12,15,17-18,24H,1,13-14,16H2,2-5H3,(H,31,36)(H,32,37)/t24-/m1/s1. The van der Waals surface area contributed by atoms with Crippen LogP contribution >= 0.6 is 35.0 Å². The number of rotatable bonds is 12. The number of hydrogen-bond acceptors (Lipinski definition) is 5. The smallest absolute Gasteiger partial charge is 0.253 e. The first-order valence-electron chi connectivity index (χ1n) is 12.4. The van der Waals surface area contributed by atoms with E-state index in [0.29, 0.717) is 34.5 Å². The number of benzene rings is 2. The van der Waals surface area contributed by atoms with Crippen LogP contribution in [-0.2, 0) is 11.3 Å².